The number of nitrogens with zero attached hydrogens (tertiary/aromatic N) is 1. The minimum atomic E-state index is 0.604. The van der Waals surface area contributed by atoms with Gasteiger partial charge >= 0.3 is 0 Å². The van der Waals surface area contributed by atoms with Crippen LogP contribution in [-0.4, -0.2) is 23.5 Å². The molecule has 0 heterocycles. The van der Waals surface area contributed by atoms with E-state index in [-0.39, 0.29) is 0 Å². The van der Waals surface area contributed by atoms with Gasteiger partial charge in [0, 0.05) is 13.1 Å². The Labute approximate surface area is 63.0 Å². The fourth-order valence-electron chi connectivity index (χ4n) is 0.725. The van der Waals surface area contributed by atoms with Crippen LogP contribution in [0.25, 0.3) is 0 Å². The van der Waals surface area contributed by atoms with Gasteiger partial charge in [-0.25, -0.2) is 0 Å². The Hall–Kier alpha value is -0.110. The van der Waals surface area contributed by atoms with E-state index in [0.717, 1.165) is 0 Å². The maximum atomic E-state index is 4.77. The average molecular weight is 145 g/mol. The first kappa shape index (κ1) is 8.89. The lowest BCUT2D eigenvalue weighted by Crippen LogP contribution is -2.26. The fourth-order valence-corrected chi connectivity index (χ4v) is 0.933. The summed E-state index contributed by atoms with van der Waals surface area (Å²) in [5.41, 5.74) is 1.71. The van der Waals surface area contributed by atoms with Crippen LogP contribution < -0.4 is 0 Å². The summed E-state index contributed by atoms with van der Waals surface area (Å²) in [6.45, 7) is 4.38. The largest absolute Gasteiger partial charge is 0.369 e. The zero-order valence-electron chi connectivity index (χ0n) is 6.42. The van der Waals surface area contributed by atoms with Crippen LogP contribution >= 0.6 is 12.2 Å². The van der Waals surface area contributed by atoms with Gasteiger partial charge in [0.25, 0.3) is 0 Å². The minimum absolute atomic E-state index is 0.604. The van der Waals surface area contributed by atoms with E-state index < -0.39 is 0 Å². The van der Waals surface area contributed by atoms with Crippen molar-refractivity contribution < 1.29 is 0 Å². The molecule has 0 fully saturated rings. The normalized spacial score (nSPS) is 12.8. The second-order valence-corrected chi connectivity index (χ2v) is 2.62. The van der Waals surface area contributed by atoms with E-state index in [2.05, 4.69) is 18.7 Å². The van der Waals surface area contributed by atoms with E-state index in [1.165, 1.54) is 12.8 Å². The van der Waals surface area contributed by atoms with Gasteiger partial charge in [-0.1, -0.05) is 25.6 Å². The highest BCUT2D eigenvalue weighted by atomic mass is 32.1. The first-order chi connectivity index (χ1) is 4.22. The summed E-state index contributed by atoms with van der Waals surface area (Å²) in [5.74, 6) is 0. The Balaban J connectivity index is 3.44. The number of hydrogen-bond donors (Lipinski definition) is 0. The van der Waals surface area contributed by atoms with Crippen molar-refractivity contribution in [3.8, 4) is 0 Å². The molecule has 0 rings (SSSR count). The molecular weight excluding hydrogens is 130 g/mol. The molecule has 0 spiro atoms. The zero-order chi connectivity index (χ0) is 7.28. The maximum Gasteiger partial charge on any atom is 0.0640 e. The van der Waals surface area contributed by atoms with Crippen LogP contribution in [0.3, 0.4) is 0 Å². The van der Waals surface area contributed by atoms with Gasteiger partial charge in [-0.05, 0) is 13.3 Å². The van der Waals surface area contributed by atoms with Gasteiger partial charge in [-0.15, -0.1) is 0 Å². The molecule has 0 aliphatic rings. The molecule has 0 saturated heterocycles. The molecule has 0 saturated carbocycles. The van der Waals surface area contributed by atoms with E-state index in [0.29, 0.717) is 6.04 Å². The molecule has 0 aromatic carbocycles. The van der Waals surface area contributed by atoms with Gasteiger partial charge in [0.15, 0.2) is 0 Å². The highest BCUT2D eigenvalue weighted by molar-refractivity contribution is 7.78. The van der Waals surface area contributed by atoms with Crippen LogP contribution in [0.2, 0.25) is 0 Å². The number of hydrogen-bond acceptors (Lipinski definition) is 1. The zero-order valence-corrected chi connectivity index (χ0v) is 7.24. The molecule has 1 atom stereocenters. The van der Waals surface area contributed by atoms with Gasteiger partial charge in [-0.3, -0.25) is 0 Å². The molecule has 1 nitrogen and oxygen atoms in total. The van der Waals surface area contributed by atoms with Crippen molar-refractivity contribution in [3.05, 3.63) is 0 Å². The summed E-state index contributed by atoms with van der Waals surface area (Å²) in [7, 11) is 2.02. The lowest BCUT2D eigenvalue weighted by atomic mass is 10.2. The monoisotopic (exact) mass is 145 g/mol. The van der Waals surface area contributed by atoms with Crippen LogP contribution in [0, 0.1) is 0 Å². The molecule has 1 unspecified atom stereocenters. The minimum Gasteiger partial charge on any atom is -0.369 e. The van der Waals surface area contributed by atoms with E-state index >= 15 is 0 Å². The Morgan fingerprint density at radius 2 is 2.22 bits per heavy atom. The van der Waals surface area contributed by atoms with E-state index in [1.54, 1.807) is 5.49 Å². The molecule has 0 aliphatic carbocycles. The Morgan fingerprint density at radius 1 is 1.67 bits per heavy atom. The second kappa shape index (κ2) is 4.74. The van der Waals surface area contributed by atoms with Crippen LogP contribution in [0.4, 0.5) is 0 Å². The first-order valence-corrected chi connectivity index (χ1v) is 3.86. The highest BCUT2D eigenvalue weighted by Gasteiger charge is 2.01. The van der Waals surface area contributed by atoms with E-state index in [4.69, 9.17) is 12.2 Å². The predicted molar refractivity (Wildman–Crippen MR) is 45.8 cm³/mol. The summed E-state index contributed by atoms with van der Waals surface area (Å²) in [5, 5.41) is 0. The molecule has 54 valence electrons. The van der Waals surface area contributed by atoms with Crippen molar-refractivity contribution in [2.24, 2.45) is 0 Å². The quantitative estimate of drug-likeness (QED) is 0.557. The van der Waals surface area contributed by atoms with Crippen molar-refractivity contribution in [2.75, 3.05) is 7.05 Å². The van der Waals surface area contributed by atoms with Crippen molar-refractivity contribution >= 4 is 17.7 Å². The molecule has 0 aromatic rings. The van der Waals surface area contributed by atoms with Crippen LogP contribution in [-0.2, 0) is 0 Å². The van der Waals surface area contributed by atoms with Crippen molar-refractivity contribution in [2.45, 2.75) is 32.7 Å². The molecule has 0 aliphatic heterocycles. The van der Waals surface area contributed by atoms with Gasteiger partial charge in [0.05, 0.1) is 5.49 Å². The van der Waals surface area contributed by atoms with Crippen LogP contribution in [0.5, 0.6) is 0 Å². The van der Waals surface area contributed by atoms with Crippen LogP contribution in [0.15, 0.2) is 0 Å². The highest BCUT2D eigenvalue weighted by Crippen LogP contribution is 2.00. The fraction of sp³-hybridized carbons (Fsp3) is 0.857. The Kier molecular flexibility index (Phi) is 4.68. The van der Waals surface area contributed by atoms with E-state index in [1.807, 2.05) is 7.05 Å². The van der Waals surface area contributed by atoms with E-state index in [9.17, 15) is 0 Å². The molecule has 0 radical (unpaired) electrons. The summed E-state index contributed by atoms with van der Waals surface area (Å²) < 4.78 is 0. The third kappa shape index (κ3) is 3.46. The van der Waals surface area contributed by atoms with Gasteiger partial charge < -0.3 is 4.90 Å². The third-order valence-corrected chi connectivity index (χ3v) is 1.90. The molecule has 0 aromatic heterocycles. The smallest absolute Gasteiger partial charge is 0.0640 e. The summed E-state index contributed by atoms with van der Waals surface area (Å²) in [4.78, 5) is 2.07. The summed E-state index contributed by atoms with van der Waals surface area (Å²) in [6, 6.07) is 0.604. The van der Waals surface area contributed by atoms with Crippen molar-refractivity contribution in [1.82, 2.24) is 4.90 Å². The summed E-state index contributed by atoms with van der Waals surface area (Å²) in [6.07, 6.45) is 2.46. The average Bonchev–Trinajstić information content (AvgIpc) is 1.87. The number of rotatable bonds is 4. The molecular formula is C7H15NS. The molecule has 0 amide bonds. The molecule has 2 heteroatoms. The van der Waals surface area contributed by atoms with Crippen molar-refractivity contribution in [1.29, 1.82) is 0 Å². The number of thiocarbonyl (C=S) groups is 1. The third-order valence-electron chi connectivity index (χ3n) is 1.57. The predicted octanol–water partition coefficient (Wildman–Crippen LogP) is 2.06. The lowest BCUT2D eigenvalue weighted by molar-refractivity contribution is 0.381. The molecule has 0 N–H and O–H groups in total. The molecule has 0 bridgehead atoms. The maximum absolute atomic E-state index is 4.77. The Morgan fingerprint density at radius 3 is 2.56 bits per heavy atom. The van der Waals surface area contributed by atoms with Crippen LogP contribution in [0.1, 0.15) is 26.7 Å². The van der Waals surface area contributed by atoms with Crippen molar-refractivity contribution in [3.63, 3.8) is 0 Å². The Bertz CT molecular complexity index is 83.0. The SMILES string of the molecule is CCCC(C)N(C)C=S. The van der Waals surface area contributed by atoms with Gasteiger partial charge in [0.1, 0.15) is 0 Å². The molecule has 9 heavy (non-hydrogen) atoms. The first-order valence-electron chi connectivity index (χ1n) is 3.39. The standard InChI is InChI=1S/C7H15NS/c1-4-5-7(2)8(3)6-9/h6-7H,4-5H2,1-3H3. The topological polar surface area (TPSA) is 3.24 Å². The van der Waals surface area contributed by atoms with Gasteiger partial charge in [0.2, 0.25) is 0 Å². The lowest BCUT2D eigenvalue weighted by Gasteiger charge is -2.20. The van der Waals surface area contributed by atoms with Gasteiger partial charge in [-0.2, -0.15) is 0 Å². The summed E-state index contributed by atoms with van der Waals surface area (Å²) >= 11 is 4.77. The second-order valence-electron chi connectivity index (χ2n) is 2.41.